The highest BCUT2D eigenvalue weighted by Crippen LogP contribution is 2.21. The molecule has 2 heterocycles. The van der Waals surface area contributed by atoms with Crippen molar-refractivity contribution in [3.05, 3.63) is 35.9 Å². The second-order valence-corrected chi connectivity index (χ2v) is 6.42. The number of nitrogens with zero attached hydrogens (tertiary/aromatic N) is 3. The molecule has 1 aromatic heterocycles. The van der Waals surface area contributed by atoms with Gasteiger partial charge in [0.1, 0.15) is 5.82 Å². The van der Waals surface area contributed by atoms with Crippen molar-refractivity contribution in [2.75, 3.05) is 37.7 Å². The summed E-state index contributed by atoms with van der Waals surface area (Å²) in [7, 11) is 1.76. The highest BCUT2D eigenvalue weighted by atomic mass is 16.2. The first-order chi connectivity index (χ1) is 13.1. The van der Waals surface area contributed by atoms with E-state index in [4.69, 9.17) is 5.73 Å². The maximum atomic E-state index is 12.3. The van der Waals surface area contributed by atoms with Crippen molar-refractivity contribution in [1.82, 2.24) is 20.2 Å². The number of likely N-dealkylation sites (tertiary alicyclic amines) is 1. The van der Waals surface area contributed by atoms with E-state index in [1.54, 1.807) is 25.2 Å². The van der Waals surface area contributed by atoms with Crippen LogP contribution in [0.4, 0.5) is 11.8 Å². The van der Waals surface area contributed by atoms with Crippen molar-refractivity contribution in [1.29, 1.82) is 0 Å². The fraction of sp³-hybridized carbons (Fsp3) is 0.368. The standard InChI is InChI=1S/C19H24N6O2/c1-21-16-12-15(23-19(20)24-16)13-5-7-14(8-6-13)18(27)22-9-3-11-25-10-2-4-17(25)26/h5-8,12H,2-4,9-11H2,1H3,(H,22,27)(H3,20,21,23,24). The van der Waals surface area contributed by atoms with Gasteiger partial charge in [0, 0.05) is 50.3 Å². The average molecular weight is 368 g/mol. The molecule has 0 saturated carbocycles. The van der Waals surface area contributed by atoms with E-state index in [1.807, 2.05) is 17.0 Å². The van der Waals surface area contributed by atoms with Crippen LogP contribution < -0.4 is 16.4 Å². The molecule has 1 saturated heterocycles. The summed E-state index contributed by atoms with van der Waals surface area (Å²) in [6, 6.07) is 8.97. The van der Waals surface area contributed by atoms with Gasteiger partial charge in [0.25, 0.3) is 5.91 Å². The van der Waals surface area contributed by atoms with Crippen molar-refractivity contribution >= 4 is 23.6 Å². The summed E-state index contributed by atoms with van der Waals surface area (Å²) in [4.78, 5) is 34.0. The zero-order valence-corrected chi connectivity index (χ0v) is 15.4. The summed E-state index contributed by atoms with van der Waals surface area (Å²) < 4.78 is 0. The number of nitrogens with one attached hydrogen (secondary N) is 2. The number of aromatic nitrogens is 2. The maximum Gasteiger partial charge on any atom is 0.251 e. The molecule has 0 atom stereocenters. The summed E-state index contributed by atoms with van der Waals surface area (Å²) in [6.07, 6.45) is 2.33. The second kappa shape index (κ2) is 8.48. The molecule has 4 N–H and O–H groups in total. The van der Waals surface area contributed by atoms with E-state index in [9.17, 15) is 9.59 Å². The highest BCUT2D eigenvalue weighted by molar-refractivity contribution is 5.94. The number of benzene rings is 1. The minimum absolute atomic E-state index is 0.132. The molecule has 8 heteroatoms. The number of hydrogen-bond acceptors (Lipinski definition) is 6. The average Bonchev–Trinajstić information content (AvgIpc) is 3.09. The topological polar surface area (TPSA) is 113 Å². The fourth-order valence-electron chi connectivity index (χ4n) is 3.05. The van der Waals surface area contributed by atoms with E-state index in [0.717, 1.165) is 24.9 Å². The Morgan fingerprint density at radius 2 is 2.04 bits per heavy atom. The first kappa shape index (κ1) is 18.6. The predicted octanol–water partition coefficient (Wildman–Crippen LogP) is 1.51. The molecule has 0 aliphatic carbocycles. The van der Waals surface area contributed by atoms with Gasteiger partial charge in [0.2, 0.25) is 11.9 Å². The van der Waals surface area contributed by atoms with Crippen LogP contribution in [-0.2, 0) is 4.79 Å². The van der Waals surface area contributed by atoms with Crippen LogP contribution in [0, 0.1) is 0 Å². The zero-order chi connectivity index (χ0) is 19.2. The van der Waals surface area contributed by atoms with Crippen LogP contribution in [0.2, 0.25) is 0 Å². The molecule has 142 valence electrons. The molecule has 1 aliphatic rings. The summed E-state index contributed by atoms with van der Waals surface area (Å²) in [5.41, 5.74) is 7.84. The molecule has 0 bridgehead atoms. The molecule has 0 radical (unpaired) electrons. The van der Waals surface area contributed by atoms with Crippen LogP contribution in [0.25, 0.3) is 11.3 Å². The number of hydrogen-bond donors (Lipinski definition) is 3. The number of carbonyl (C=O) groups excluding carboxylic acids is 2. The Balaban J connectivity index is 1.54. The molecule has 2 amide bonds. The number of nitrogen functional groups attached to an aromatic ring is 1. The summed E-state index contributed by atoms with van der Waals surface area (Å²) in [6.45, 7) is 2.07. The number of anilines is 2. The molecule has 3 rings (SSSR count). The lowest BCUT2D eigenvalue weighted by Gasteiger charge is -2.15. The minimum atomic E-state index is -0.132. The van der Waals surface area contributed by atoms with Crippen LogP contribution in [0.3, 0.4) is 0 Å². The molecular formula is C19H24N6O2. The van der Waals surface area contributed by atoms with Gasteiger partial charge in [-0.3, -0.25) is 9.59 Å². The summed E-state index contributed by atoms with van der Waals surface area (Å²) >= 11 is 0. The largest absolute Gasteiger partial charge is 0.373 e. The van der Waals surface area contributed by atoms with Crippen molar-refractivity contribution in [3.63, 3.8) is 0 Å². The van der Waals surface area contributed by atoms with E-state index in [0.29, 0.717) is 36.6 Å². The van der Waals surface area contributed by atoms with Gasteiger partial charge in [0.05, 0.1) is 5.69 Å². The Hall–Kier alpha value is -3.16. The molecule has 0 unspecified atom stereocenters. The minimum Gasteiger partial charge on any atom is -0.373 e. The van der Waals surface area contributed by atoms with Gasteiger partial charge < -0.3 is 21.3 Å². The molecule has 1 aliphatic heterocycles. The summed E-state index contributed by atoms with van der Waals surface area (Å²) in [5, 5.41) is 5.83. The molecule has 8 nitrogen and oxygen atoms in total. The van der Waals surface area contributed by atoms with E-state index < -0.39 is 0 Å². The molecular weight excluding hydrogens is 344 g/mol. The number of nitrogens with two attached hydrogens (primary N) is 1. The smallest absolute Gasteiger partial charge is 0.251 e. The quantitative estimate of drug-likeness (QED) is 0.639. The Labute approximate surface area is 158 Å². The zero-order valence-electron chi connectivity index (χ0n) is 15.4. The number of carbonyl (C=O) groups is 2. The van der Waals surface area contributed by atoms with Crippen LogP contribution in [0.5, 0.6) is 0 Å². The van der Waals surface area contributed by atoms with Gasteiger partial charge in [-0.2, -0.15) is 4.98 Å². The van der Waals surface area contributed by atoms with Crippen molar-refractivity contribution in [2.24, 2.45) is 0 Å². The van der Waals surface area contributed by atoms with Crippen molar-refractivity contribution in [2.45, 2.75) is 19.3 Å². The number of amides is 2. The molecule has 0 spiro atoms. The van der Waals surface area contributed by atoms with Crippen LogP contribution in [0.1, 0.15) is 29.6 Å². The SMILES string of the molecule is CNc1cc(-c2ccc(C(=O)NCCCN3CCCC3=O)cc2)nc(N)n1. The first-order valence-electron chi connectivity index (χ1n) is 9.05. The Morgan fingerprint density at radius 3 is 2.70 bits per heavy atom. The fourth-order valence-corrected chi connectivity index (χ4v) is 3.05. The molecule has 27 heavy (non-hydrogen) atoms. The molecule has 2 aromatic rings. The van der Waals surface area contributed by atoms with Crippen molar-refractivity contribution < 1.29 is 9.59 Å². The van der Waals surface area contributed by atoms with Gasteiger partial charge in [0.15, 0.2) is 0 Å². The summed E-state index contributed by atoms with van der Waals surface area (Å²) in [5.74, 6) is 0.905. The van der Waals surface area contributed by atoms with Crippen LogP contribution in [0.15, 0.2) is 30.3 Å². The first-order valence-corrected chi connectivity index (χ1v) is 9.05. The predicted molar refractivity (Wildman–Crippen MR) is 104 cm³/mol. The van der Waals surface area contributed by atoms with E-state index in [-0.39, 0.29) is 17.8 Å². The Bertz CT molecular complexity index is 821. The third-order valence-corrected chi connectivity index (χ3v) is 4.50. The lowest BCUT2D eigenvalue weighted by molar-refractivity contribution is -0.127. The molecule has 1 aromatic carbocycles. The third-order valence-electron chi connectivity index (χ3n) is 4.50. The van der Waals surface area contributed by atoms with E-state index >= 15 is 0 Å². The van der Waals surface area contributed by atoms with E-state index in [2.05, 4.69) is 20.6 Å². The maximum absolute atomic E-state index is 12.3. The Morgan fingerprint density at radius 1 is 1.26 bits per heavy atom. The van der Waals surface area contributed by atoms with Crippen LogP contribution in [-0.4, -0.2) is 53.4 Å². The van der Waals surface area contributed by atoms with E-state index in [1.165, 1.54) is 0 Å². The normalized spacial score (nSPS) is 13.7. The van der Waals surface area contributed by atoms with Gasteiger partial charge in [-0.1, -0.05) is 12.1 Å². The molecule has 1 fully saturated rings. The van der Waals surface area contributed by atoms with Gasteiger partial charge >= 0.3 is 0 Å². The van der Waals surface area contributed by atoms with Gasteiger partial charge in [-0.05, 0) is 25.0 Å². The lowest BCUT2D eigenvalue weighted by atomic mass is 10.1. The second-order valence-electron chi connectivity index (χ2n) is 6.42. The highest BCUT2D eigenvalue weighted by Gasteiger charge is 2.19. The third kappa shape index (κ3) is 4.72. The lowest BCUT2D eigenvalue weighted by Crippen LogP contribution is -2.30. The van der Waals surface area contributed by atoms with Gasteiger partial charge in [-0.15, -0.1) is 0 Å². The van der Waals surface area contributed by atoms with Crippen LogP contribution >= 0.6 is 0 Å². The van der Waals surface area contributed by atoms with Gasteiger partial charge in [-0.25, -0.2) is 4.98 Å². The Kier molecular flexibility index (Phi) is 5.85. The number of rotatable bonds is 7. The monoisotopic (exact) mass is 368 g/mol. The van der Waals surface area contributed by atoms with Crippen molar-refractivity contribution in [3.8, 4) is 11.3 Å².